The summed E-state index contributed by atoms with van der Waals surface area (Å²) in [6.07, 6.45) is 2.09. The number of benzene rings is 1. The third-order valence-corrected chi connectivity index (χ3v) is 5.42. The lowest BCUT2D eigenvalue weighted by Crippen LogP contribution is -2.67. The Kier molecular flexibility index (Phi) is 4.22. The minimum absolute atomic E-state index is 0.0208. The van der Waals surface area contributed by atoms with Gasteiger partial charge in [-0.15, -0.1) is 0 Å². The van der Waals surface area contributed by atoms with E-state index in [2.05, 4.69) is 0 Å². The molecule has 3 heterocycles. The largest absolute Gasteiger partial charge is 0.459 e. The molecular weight excluding hydrogens is 346 g/mol. The van der Waals surface area contributed by atoms with Crippen LogP contribution in [-0.4, -0.2) is 59.2 Å². The van der Waals surface area contributed by atoms with Crippen LogP contribution in [-0.2, 0) is 9.59 Å². The van der Waals surface area contributed by atoms with Gasteiger partial charge >= 0.3 is 0 Å². The predicted molar refractivity (Wildman–Crippen MR) is 98.1 cm³/mol. The Hall–Kier alpha value is -3.09. The minimum atomic E-state index is -0.585. The van der Waals surface area contributed by atoms with Crippen LogP contribution in [0, 0.1) is 0 Å². The van der Waals surface area contributed by atoms with Crippen molar-refractivity contribution in [3.63, 3.8) is 0 Å². The number of hydrogen-bond acceptors (Lipinski definition) is 4. The van der Waals surface area contributed by atoms with E-state index in [0.29, 0.717) is 26.1 Å². The third kappa shape index (κ3) is 2.99. The van der Waals surface area contributed by atoms with Gasteiger partial charge in [0.05, 0.1) is 18.3 Å². The molecule has 3 amide bonds. The van der Waals surface area contributed by atoms with Crippen LogP contribution < -0.4 is 4.90 Å². The number of para-hydroxylation sites is 1. The average molecular weight is 367 g/mol. The van der Waals surface area contributed by atoms with E-state index in [-0.39, 0.29) is 30.0 Å². The number of anilines is 1. The van der Waals surface area contributed by atoms with E-state index in [1.807, 2.05) is 30.3 Å². The normalized spacial score (nSPS) is 22.6. The topological polar surface area (TPSA) is 74.1 Å². The molecule has 27 heavy (non-hydrogen) atoms. The van der Waals surface area contributed by atoms with Gasteiger partial charge in [-0.1, -0.05) is 18.2 Å². The van der Waals surface area contributed by atoms with E-state index in [0.717, 1.165) is 5.69 Å². The average Bonchev–Trinajstić information content (AvgIpc) is 3.34. The van der Waals surface area contributed by atoms with Gasteiger partial charge in [-0.3, -0.25) is 14.4 Å². The van der Waals surface area contributed by atoms with Crippen LogP contribution in [0.2, 0.25) is 0 Å². The number of hydrogen-bond donors (Lipinski definition) is 0. The molecule has 2 aliphatic rings. The number of rotatable bonds is 2. The fourth-order valence-corrected chi connectivity index (χ4v) is 4.08. The third-order valence-electron chi connectivity index (χ3n) is 5.42. The molecule has 0 N–H and O–H groups in total. The van der Waals surface area contributed by atoms with Crippen LogP contribution in [0.1, 0.15) is 23.9 Å². The van der Waals surface area contributed by atoms with E-state index in [1.54, 1.807) is 26.8 Å². The Morgan fingerprint density at radius 2 is 1.85 bits per heavy atom. The second-order valence-corrected chi connectivity index (χ2v) is 7.10. The number of carbonyl (C=O) groups is 3. The molecule has 0 bridgehead atoms. The molecule has 1 spiro atoms. The summed E-state index contributed by atoms with van der Waals surface area (Å²) in [6, 6.07) is 12.7. The molecule has 1 aromatic heterocycles. The molecule has 4 rings (SSSR count). The van der Waals surface area contributed by atoms with Crippen molar-refractivity contribution in [2.45, 2.75) is 18.9 Å². The van der Waals surface area contributed by atoms with Crippen LogP contribution in [0.5, 0.6) is 0 Å². The Bertz CT molecular complexity index is 865. The fraction of sp³-hybridized carbons (Fsp3) is 0.350. The first-order chi connectivity index (χ1) is 13.0. The molecule has 0 radical (unpaired) electrons. The van der Waals surface area contributed by atoms with Crippen molar-refractivity contribution in [2.75, 3.05) is 31.1 Å². The smallest absolute Gasteiger partial charge is 0.289 e. The second kappa shape index (κ2) is 6.57. The highest BCUT2D eigenvalue weighted by atomic mass is 16.3. The van der Waals surface area contributed by atoms with Gasteiger partial charge in [0.25, 0.3) is 5.91 Å². The zero-order valence-corrected chi connectivity index (χ0v) is 15.1. The number of piperazine rings is 1. The SMILES string of the molecule is CC(=O)N1CC(=O)N(c2ccccc2)C[C@@]12CCN(C(=O)c1ccco1)C2. The maximum atomic E-state index is 12.7. The molecule has 0 saturated carbocycles. The summed E-state index contributed by atoms with van der Waals surface area (Å²) in [5.74, 6) is -0.169. The number of likely N-dealkylation sites (tertiary alicyclic amines) is 1. The predicted octanol–water partition coefficient (Wildman–Crippen LogP) is 1.76. The van der Waals surface area contributed by atoms with Crippen molar-refractivity contribution >= 4 is 23.4 Å². The molecule has 2 fully saturated rings. The lowest BCUT2D eigenvalue weighted by Gasteiger charge is -2.48. The maximum Gasteiger partial charge on any atom is 0.289 e. The quantitative estimate of drug-likeness (QED) is 0.811. The number of nitrogens with zero attached hydrogens (tertiary/aromatic N) is 3. The molecule has 0 unspecified atom stereocenters. The number of amides is 3. The van der Waals surface area contributed by atoms with Crippen LogP contribution in [0.4, 0.5) is 5.69 Å². The Morgan fingerprint density at radius 3 is 2.52 bits per heavy atom. The summed E-state index contributed by atoms with van der Waals surface area (Å²) < 4.78 is 5.23. The summed E-state index contributed by atoms with van der Waals surface area (Å²) in [5, 5.41) is 0. The summed E-state index contributed by atoms with van der Waals surface area (Å²) in [7, 11) is 0. The highest BCUT2D eigenvalue weighted by Gasteiger charge is 2.51. The molecule has 7 nitrogen and oxygen atoms in total. The van der Waals surface area contributed by atoms with Crippen molar-refractivity contribution < 1.29 is 18.8 Å². The van der Waals surface area contributed by atoms with Crippen molar-refractivity contribution in [1.82, 2.24) is 9.80 Å². The molecule has 2 saturated heterocycles. The molecule has 2 aliphatic heterocycles. The summed E-state index contributed by atoms with van der Waals surface area (Å²) in [5.41, 5.74) is 0.221. The first-order valence-corrected chi connectivity index (χ1v) is 8.97. The molecule has 0 aliphatic carbocycles. The van der Waals surface area contributed by atoms with Gasteiger partial charge in [0.1, 0.15) is 6.54 Å². The van der Waals surface area contributed by atoms with E-state index < -0.39 is 5.54 Å². The van der Waals surface area contributed by atoms with E-state index in [9.17, 15) is 14.4 Å². The molecule has 7 heteroatoms. The van der Waals surface area contributed by atoms with E-state index in [1.165, 1.54) is 13.2 Å². The monoisotopic (exact) mass is 367 g/mol. The zero-order valence-electron chi connectivity index (χ0n) is 15.1. The Labute approximate surface area is 157 Å². The summed E-state index contributed by atoms with van der Waals surface area (Å²) in [4.78, 5) is 42.7. The first kappa shape index (κ1) is 17.3. The minimum Gasteiger partial charge on any atom is -0.459 e. The highest BCUT2D eigenvalue weighted by molar-refractivity contribution is 5.98. The summed E-state index contributed by atoms with van der Waals surface area (Å²) in [6.45, 7) is 2.76. The van der Waals surface area contributed by atoms with Gasteiger partial charge in [-0.2, -0.15) is 0 Å². The second-order valence-electron chi connectivity index (χ2n) is 7.10. The van der Waals surface area contributed by atoms with Gasteiger partial charge in [0, 0.05) is 25.7 Å². The van der Waals surface area contributed by atoms with Gasteiger partial charge < -0.3 is 19.1 Å². The number of furan rings is 1. The number of carbonyl (C=O) groups excluding carboxylic acids is 3. The van der Waals surface area contributed by atoms with Crippen molar-refractivity contribution in [2.24, 2.45) is 0 Å². The van der Waals surface area contributed by atoms with Crippen LogP contribution in [0.15, 0.2) is 53.1 Å². The van der Waals surface area contributed by atoms with Gasteiger partial charge in [0.2, 0.25) is 11.8 Å². The highest BCUT2D eigenvalue weighted by Crippen LogP contribution is 2.35. The standard InChI is InChI=1S/C20H21N3O4/c1-15(24)23-12-18(25)22(16-6-3-2-4-7-16)14-20(23)9-10-21(13-20)19(26)17-8-5-11-27-17/h2-8,11H,9-10,12-14H2,1H3/t20-/m0/s1. The van der Waals surface area contributed by atoms with E-state index >= 15 is 0 Å². The van der Waals surface area contributed by atoms with Crippen LogP contribution >= 0.6 is 0 Å². The Morgan fingerprint density at radius 1 is 1.07 bits per heavy atom. The van der Waals surface area contributed by atoms with Crippen molar-refractivity contribution in [1.29, 1.82) is 0 Å². The van der Waals surface area contributed by atoms with E-state index in [4.69, 9.17) is 4.42 Å². The Balaban J connectivity index is 1.63. The maximum absolute atomic E-state index is 12.7. The van der Waals surface area contributed by atoms with Crippen LogP contribution in [0.3, 0.4) is 0 Å². The van der Waals surface area contributed by atoms with Crippen molar-refractivity contribution in [3.05, 3.63) is 54.5 Å². The molecule has 2 aromatic rings. The molecule has 140 valence electrons. The first-order valence-electron chi connectivity index (χ1n) is 8.97. The summed E-state index contributed by atoms with van der Waals surface area (Å²) >= 11 is 0. The molecule has 1 aromatic carbocycles. The van der Waals surface area contributed by atoms with Crippen molar-refractivity contribution in [3.8, 4) is 0 Å². The van der Waals surface area contributed by atoms with Crippen LogP contribution in [0.25, 0.3) is 0 Å². The van der Waals surface area contributed by atoms with Gasteiger partial charge in [-0.05, 0) is 30.7 Å². The molecule has 1 atom stereocenters. The fourth-order valence-electron chi connectivity index (χ4n) is 4.08. The molecular formula is C20H21N3O4. The van der Waals surface area contributed by atoms with Gasteiger partial charge in [-0.25, -0.2) is 0 Å². The zero-order chi connectivity index (χ0) is 19.0. The lowest BCUT2D eigenvalue weighted by molar-refractivity contribution is -0.142. The van der Waals surface area contributed by atoms with Gasteiger partial charge in [0.15, 0.2) is 5.76 Å². The lowest BCUT2D eigenvalue weighted by atomic mass is 9.91.